The lowest BCUT2D eigenvalue weighted by molar-refractivity contribution is -0.112. The van der Waals surface area contributed by atoms with Crippen molar-refractivity contribution in [2.24, 2.45) is 5.10 Å². The fourth-order valence-corrected chi connectivity index (χ4v) is 3.13. The summed E-state index contributed by atoms with van der Waals surface area (Å²) in [5, 5.41) is 11.6. The minimum absolute atomic E-state index is 0.173. The molecular weight excluding hydrogens is 362 g/mol. The van der Waals surface area contributed by atoms with Crippen LogP contribution in [0, 0.1) is 4.77 Å². The Hall–Kier alpha value is -3.17. The number of anilines is 1. The van der Waals surface area contributed by atoms with E-state index in [1.54, 1.807) is 17.3 Å². The molecule has 1 aliphatic rings. The van der Waals surface area contributed by atoms with E-state index in [0.29, 0.717) is 23.0 Å². The van der Waals surface area contributed by atoms with Crippen molar-refractivity contribution in [3.8, 4) is 11.4 Å². The number of amides is 1. The van der Waals surface area contributed by atoms with Crippen molar-refractivity contribution in [2.45, 2.75) is 0 Å². The van der Waals surface area contributed by atoms with Gasteiger partial charge in [-0.1, -0.05) is 18.2 Å². The monoisotopic (exact) mass is 379 g/mol. The van der Waals surface area contributed by atoms with E-state index in [1.165, 1.54) is 4.68 Å². The Kier molecular flexibility index (Phi) is 4.38. The van der Waals surface area contributed by atoms with Crippen LogP contribution in [0.25, 0.3) is 11.4 Å². The highest BCUT2D eigenvalue weighted by atomic mass is 32.1. The highest BCUT2D eigenvalue weighted by Crippen LogP contribution is 2.29. The van der Waals surface area contributed by atoms with E-state index < -0.39 is 0 Å². The van der Waals surface area contributed by atoms with Gasteiger partial charge in [0.25, 0.3) is 5.91 Å². The number of aromatic amines is 1. The second-order valence-corrected chi connectivity index (χ2v) is 6.71. The Morgan fingerprint density at radius 3 is 2.67 bits per heavy atom. The van der Waals surface area contributed by atoms with Crippen molar-refractivity contribution in [1.29, 1.82) is 0 Å². The summed E-state index contributed by atoms with van der Waals surface area (Å²) in [7, 11) is 3.83. The normalized spacial score (nSPS) is 15.0. The third kappa shape index (κ3) is 3.07. The van der Waals surface area contributed by atoms with Gasteiger partial charge in [-0.2, -0.15) is 14.9 Å². The Balaban J connectivity index is 1.85. The first-order valence-electron chi connectivity index (χ1n) is 8.29. The molecule has 0 spiro atoms. The summed E-state index contributed by atoms with van der Waals surface area (Å²) in [6, 6.07) is 11.2. The molecule has 0 saturated carbocycles. The molecule has 0 unspecified atom stereocenters. The van der Waals surface area contributed by atoms with Crippen LogP contribution in [0.3, 0.4) is 0 Å². The number of nitrogens with zero attached hydrogens (tertiary/aromatic N) is 6. The van der Waals surface area contributed by atoms with E-state index in [2.05, 4.69) is 20.3 Å². The average molecular weight is 379 g/mol. The van der Waals surface area contributed by atoms with Crippen LogP contribution in [0.1, 0.15) is 5.56 Å². The van der Waals surface area contributed by atoms with Crippen LogP contribution in [0.15, 0.2) is 53.9 Å². The van der Waals surface area contributed by atoms with E-state index in [-0.39, 0.29) is 5.91 Å². The van der Waals surface area contributed by atoms with E-state index in [0.717, 1.165) is 16.8 Å². The highest BCUT2D eigenvalue weighted by molar-refractivity contribution is 7.71. The molecule has 1 aliphatic heterocycles. The summed E-state index contributed by atoms with van der Waals surface area (Å²) >= 11 is 5.33. The second-order valence-electron chi connectivity index (χ2n) is 6.32. The molecule has 4 rings (SSSR count). The topological polar surface area (TPSA) is 82.4 Å². The van der Waals surface area contributed by atoms with Crippen LogP contribution in [0.2, 0.25) is 0 Å². The summed E-state index contributed by atoms with van der Waals surface area (Å²) in [6.07, 6.45) is 3.33. The van der Waals surface area contributed by atoms with Gasteiger partial charge in [0.05, 0.1) is 12.4 Å². The number of para-hydroxylation sites is 1. The maximum Gasteiger partial charge on any atom is 0.280 e. The van der Waals surface area contributed by atoms with Crippen molar-refractivity contribution < 1.29 is 4.79 Å². The molecule has 136 valence electrons. The first-order valence-corrected chi connectivity index (χ1v) is 8.70. The molecule has 27 heavy (non-hydrogen) atoms. The number of carbonyl (C=O) groups is 1. The van der Waals surface area contributed by atoms with Gasteiger partial charge in [0.15, 0.2) is 11.5 Å². The molecule has 0 radical (unpaired) electrons. The Morgan fingerprint density at radius 2 is 1.93 bits per heavy atom. The number of rotatable bonds is 4. The molecule has 2 aromatic heterocycles. The molecule has 3 heterocycles. The molecule has 1 amide bonds. The Labute approximate surface area is 160 Å². The van der Waals surface area contributed by atoms with Gasteiger partial charge in [-0.3, -0.25) is 19.6 Å². The van der Waals surface area contributed by atoms with Gasteiger partial charge in [0, 0.05) is 23.5 Å². The largest absolute Gasteiger partial charge is 0.293 e. The summed E-state index contributed by atoms with van der Waals surface area (Å²) in [5.41, 5.74) is 2.73. The average Bonchev–Trinajstić information content (AvgIpc) is 3.16. The molecule has 0 atom stereocenters. The van der Waals surface area contributed by atoms with Gasteiger partial charge >= 0.3 is 0 Å². The zero-order valence-corrected chi connectivity index (χ0v) is 15.6. The fraction of sp³-hybridized carbons (Fsp3) is 0.167. The number of nitrogens with one attached hydrogen (secondary N) is 1. The van der Waals surface area contributed by atoms with Gasteiger partial charge in [0.1, 0.15) is 0 Å². The third-order valence-corrected chi connectivity index (χ3v) is 4.38. The molecular formula is C18H17N7OS. The van der Waals surface area contributed by atoms with Gasteiger partial charge in [-0.05, 0) is 44.5 Å². The van der Waals surface area contributed by atoms with Crippen molar-refractivity contribution in [3.05, 3.63) is 59.1 Å². The number of hydrogen-bond donors (Lipinski definition) is 1. The molecule has 1 aromatic carbocycles. The van der Waals surface area contributed by atoms with Gasteiger partial charge in [-0.25, -0.2) is 5.10 Å². The maximum absolute atomic E-state index is 13.1. The first-order chi connectivity index (χ1) is 13.1. The second kappa shape index (κ2) is 6.86. The lowest BCUT2D eigenvalue weighted by Crippen LogP contribution is -2.37. The predicted molar refractivity (Wildman–Crippen MR) is 105 cm³/mol. The molecule has 1 N–H and O–H groups in total. The van der Waals surface area contributed by atoms with Crippen LogP contribution in [-0.2, 0) is 4.79 Å². The molecule has 0 fully saturated rings. The molecule has 0 aliphatic carbocycles. The van der Waals surface area contributed by atoms with Crippen LogP contribution in [0.5, 0.6) is 0 Å². The minimum Gasteiger partial charge on any atom is -0.293 e. The highest BCUT2D eigenvalue weighted by Gasteiger charge is 2.34. The number of hydrogen-bond acceptors (Lipinski definition) is 6. The first kappa shape index (κ1) is 17.3. The Morgan fingerprint density at radius 1 is 1.19 bits per heavy atom. The SMILES string of the molecule is CN(C)CN1C(=O)C(=Nn2c(-c3ccncc3)n[nH]c2=S)c2ccccc21. The van der Waals surface area contributed by atoms with Crippen LogP contribution in [0.4, 0.5) is 5.69 Å². The summed E-state index contributed by atoms with van der Waals surface area (Å²) < 4.78 is 1.79. The zero-order chi connectivity index (χ0) is 19.0. The zero-order valence-electron chi connectivity index (χ0n) is 14.8. The van der Waals surface area contributed by atoms with E-state index in [9.17, 15) is 4.79 Å². The van der Waals surface area contributed by atoms with E-state index in [1.807, 2.05) is 55.4 Å². The van der Waals surface area contributed by atoms with E-state index in [4.69, 9.17) is 12.2 Å². The standard InChI is InChI=1S/C18H17N7OS/c1-23(2)11-24-14-6-4-3-5-13(14)15(17(24)26)22-25-16(20-21-18(25)27)12-7-9-19-10-8-12/h3-10H,11H2,1-2H3,(H,21,27). The summed E-state index contributed by atoms with van der Waals surface area (Å²) in [4.78, 5) is 20.7. The fourth-order valence-electron chi connectivity index (χ4n) is 2.95. The number of benzene rings is 1. The summed E-state index contributed by atoms with van der Waals surface area (Å²) in [6.45, 7) is 0.461. The van der Waals surface area contributed by atoms with Crippen LogP contribution in [-0.4, -0.2) is 57.1 Å². The molecule has 8 nitrogen and oxygen atoms in total. The molecule has 0 bridgehead atoms. The minimum atomic E-state index is -0.173. The lowest BCUT2D eigenvalue weighted by Gasteiger charge is -2.21. The van der Waals surface area contributed by atoms with Crippen molar-refractivity contribution >= 4 is 29.5 Å². The molecule has 9 heteroatoms. The van der Waals surface area contributed by atoms with Crippen LogP contribution < -0.4 is 4.90 Å². The number of H-pyrrole nitrogens is 1. The van der Waals surface area contributed by atoms with Crippen molar-refractivity contribution in [1.82, 2.24) is 24.8 Å². The number of aromatic nitrogens is 4. The van der Waals surface area contributed by atoms with Gasteiger partial charge < -0.3 is 0 Å². The van der Waals surface area contributed by atoms with E-state index >= 15 is 0 Å². The van der Waals surface area contributed by atoms with Gasteiger partial charge in [-0.15, -0.1) is 0 Å². The quantitative estimate of drug-likeness (QED) is 0.702. The van der Waals surface area contributed by atoms with Crippen LogP contribution >= 0.6 is 12.2 Å². The molecule has 3 aromatic rings. The summed E-state index contributed by atoms with van der Waals surface area (Å²) in [5.74, 6) is 0.347. The van der Waals surface area contributed by atoms with Crippen molar-refractivity contribution in [3.63, 3.8) is 0 Å². The smallest absolute Gasteiger partial charge is 0.280 e. The maximum atomic E-state index is 13.1. The number of fused-ring (bicyclic) bond motifs is 1. The number of carbonyl (C=O) groups excluding carboxylic acids is 1. The third-order valence-electron chi connectivity index (χ3n) is 4.11. The lowest BCUT2D eigenvalue weighted by atomic mass is 10.1. The van der Waals surface area contributed by atoms with Crippen molar-refractivity contribution in [2.75, 3.05) is 25.7 Å². The predicted octanol–water partition coefficient (Wildman–Crippen LogP) is 2.12. The molecule has 0 saturated heterocycles. The van der Waals surface area contributed by atoms with Gasteiger partial charge in [0.2, 0.25) is 4.77 Å². The Bertz CT molecular complexity index is 1080. The number of pyridine rings is 1.